The van der Waals surface area contributed by atoms with Crippen molar-refractivity contribution in [2.24, 2.45) is 0 Å². The lowest BCUT2D eigenvalue weighted by Crippen LogP contribution is -2.36. The molecular weight excluding hydrogens is 536 g/mol. The smallest absolute Gasteiger partial charge is 0.304 e. The highest BCUT2D eigenvalue weighted by Gasteiger charge is 2.35. The summed E-state index contributed by atoms with van der Waals surface area (Å²) in [5.74, 6) is -0.926. The Labute approximate surface area is 232 Å². The number of sulfonamides is 1. The van der Waals surface area contributed by atoms with Gasteiger partial charge >= 0.3 is 5.97 Å². The van der Waals surface area contributed by atoms with Gasteiger partial charge in [0.25, 0.3) is 0 Å². The molecule has 0 unspecified atom stereocenters. The monoisotopic (exact) mass is 568 g/mol. The number of carbonyl (C=O) groups is 1. The molecule has 5 rings (SSSR count). The Morgan fingerprint density at radius 1 is 1.21 bits per heavy atom. The second-order valence-corrected chi connectivity index (χ2v) is 13.0. The minimum atomic E-state index is -3.79. The highest BCUT2D eigenvalue weighted by molar-refractivity contribution is 7.89. The number of carboxylic acid groups (broad SMARTS) is 1. The lowest BCUT2D eigenvalue weighted by atomic mass is 9.89. The van der Waals surface area contributed by atoms with E-state index in [2.05, 4.69) is 10.3 Å². The van der Waals surface area contributed by atoms with E-state index in [1.807, 2.05) is 50.6 Å². The van der Waals surface area contributed by atoms with Crippen LogP contribution in [-0.2, 0) is 27.9 Å². The van der Waals surface area contributed by atoms with Gasteiger partial charge in [-0.2, -0.15) is 4.31 Å². The summed E-state index contributed by atoms with van der Waals surface area (Å²) >= 11 is 1.51. The van der Waals surface area contributed by atoms with Crippen LogP contribution in [-0.4, -0.2) is 51.4 Å². The standard InChI is InChI=1S/C28H32N4O5S2/c1-5-20-16-31(39(35,36)26-10-8-7-9-24(26)37-20)15-19-13-25(38-18(19)4)22(14-27(33)34)21-11-12-23-28(17(21)3)29-30-32(23)6-2/h7-13,20,22H,5-6,14-16H2,1-4H3,(H,33,34)/t20-,22-/m1/s1. The average molecular weight is 569 g/mol. The number of benzene rings is 2. The fraction of sp³-hybridized carbons (Fsp3) is 0.393. The number of fused-ring (bicyclic) bond motifs is 2. The molecule has 2 aromatic carbocycles. The summed E-state index contributed by atoms with van der Waals surface area (Å²) in [4.78, 5) is 14.0. The largest absolute Gasteiger partial charge is 0.488 e. The normalized spacial score (nSPS) is 17.9. The van der Waals surface area contributed by atoms with Crippen molar-refractivity contribution in [1.82, 2.24) is 19.3 Å². The van der Waals surface area contributed by atoms with Crippen LogP contribution in [0.3, 0.4) is 0 Å². The zero-order valence-electron chi connectivity index (χ0n) is 22.4. The second kappa shape index (κ2) is 10.7. The predicted molar refractivity (Wildman–Crippen MR) is 150 cm³/mol. The summed E-state index contributed by atoms with van der Waals surface area (Å²) in [6.07, 6.45) is 0.307. The summed E-state index contributed by atoms with van der Waals surface area (Å²) in [5.41, 5.74) is 4.32. The molecule has 2 atom stereocenters. The van der Waals surface area contributed by atoms with Gasteiger partial charge in [0.2, 0.25) is 10.0 Å². The first-order valence-electron chi connectivity index (χ1n) is 13.0. The molecule has 39 heavy (non-hydrogen) atoms. The molecule has 3 heterocycles. The van der Waals surface area contributed by atoms with E-state index < -0.39 is 21.9 Å². The molecule has 9 nitrogen and oxygen atoms in total. The molecule has 0 aliphatic carbocycles. The molecule has 1 N–H and O–H groups in total. The Morgan fingerprint density at radius 2 is 1.97 bits per heavy atom. The van der Waals surface area contributed by atoms with Crippen molar-refractivity contribution in [2.45, 2.75) is 70.5 Å². The van der Waals surface area contributed by atoms with Crippen LogP contribution in [0.2, 0.25) is 0 Å². The lowest BCUT2D eigenvalue weighted by molar-refractivity contribution is -0.137. The molecule has 0 saturated heterocycles. The molecule has 2 aromatic heterocycles. The highest BCUT2D eigenvalue weighted by Crippen LogP contribution is 2.39. The molecule has 0 radical (unpaired) electrons. The van der Waals surface area contributed by atoms with Crippen molar-refractivity contribution in [3.8, 4) is 5.75 Å². The summed E-state index contributed by atoms with van der Waals surface area (Å²) < 4.78 is 36.7. The number of ether oxygens (including phenoxy) is 1. The fourth-order valence-corrected chi connectivity index (χ4v) is 7.93. The average Bonchev–Trinajstić information content (AvgIpc) is 3.47. The van der Waals surface area contributed by atoms with E-state index in [4.69, 9.17) is 4.74 Å². The number of nitrogens with zero attached hydrogens (tertiary/aromatic N) is 4. The molecule has 0 fully saturated rings. The number of thiophene rings is 1. The van der Waals surface area contributed by atoms with Crippen LogP contribution in [0.4, 0.5) is 0 Å². The maximum absolute atomic E-state index is 13.7. The molecule has 11 heteroatoms. The zero-order valence-corrected chi connectivity index (χ0v) is 24.1. The Bertz CT molecular complexity index is 1640. The van der Waals surface area contributed by atoms with Crippen LogP contribution in [0.1, 0.15) is 59.1 Å². The lowest BCUT2D eigenvalue weighted by Gasteiger charge is -2.22. The molecule has 4 aromatic rings. The van der Waals surface area contributed by atoms with Crippen LogP contribution in [0.15, 0.2) is 47.4 Å². The highest BCUT2D eigenvalue weighted by atomic mass is 32.2. The summed E-state index contributed by atoms with van der Waals surface area (Å²) in [6, 6.07) is 12.6. The first-order chi connectivity index (χ1) is 18.6. The van der Waals surface area contributed by atoms with E-state index in [9.17, 15) is 18.3 Å². The Hall–Kier alpha value is -3.28. The van der Waals surface area contributed by atoms with Gasteiger partial charge < -0.3 is 9.84 Å². The molecule has 206 valence electrons. The number of aromatic nitrogens is 3. The van der Waals surface area contributed by atoms with Gasteiger partial charge in [0.15, 0.2) is 0 Å². The van der Waals surface area contributed by atoms with Gasteiger partial charge in [0.05, 0.1) is 18.5 Å². The second-order valence-electron chi connectivity index (χ2n) is 9.83. The van der Waals surface area contributed by atoms with E-state index in [0.717, 1.165) is 37.5 Å². The Balaban J connectivity index is 1.53. The van der Waals surface area contributed by atoms with Gasteiger partial charge in [0, 0.05) is 28.8 Å². The first-order valence-corrected chi connectivity index (χ1v) is 15.3. The van der Waals surface area contributed by atoms with Crippen molar-refractivity contribution in [3.05, 3.63) is 68.9 Å². The molecular formula is C28H32N4O5S2. The molecule has 0 spiro atoms. The number of hydrogen-bond acceptors (Lipinski definition) is 7. The van der Waals surface area contributed by atoms with Crippen molar-refractivity contribution < 1.29 is 23.1 Å². The maximum Gasteiger partial charge on any atom is 0.304 e. The van der Waals surface area contributed by atoms with Crippen molar-refractivity contribution in [1.29, 1.82) is 0 Å². The summed E-state index contributed by atoms with van der Waals surface area (Å²) in [6.45, 7) is 8.99. The number of aryl methyl sites for hydroxylation is 3. The Kier molecular flexibility index (Phi) is 7.49. The third kappa shape index (κ3) is 5.06. The van der Waals surface area contributed by atoms with Crippen molar-refractivity contribution in [3.63, 3.8) is 0 Å². The third-order valence-corrected chi connectivity index (χ3v) is 10.4. The number of carboxylic acids is 1. The van der Waals surface area contributed by atoms with Gasteiger partial charge in [0.1, 0.15) is 22.3 Å². The fourth-order valence-electron chi connectivity index (χ4n) is 5.20. The minimum Gasteiger partial charge on any atom is -0.488 e. The van der Waals surface area contributed by atoms with E-state index >= 15 is 0 Å². The van der Waals surface area contributed by atoms with Crippen molar-refractivity contribution in [2.75, 3.05) is 6.54 Å². The Morgan fingerprint density at radius 3 is 2.69 bits per heavy atom. The topological polar surface area (TPSA) is 115 Å². The molecule has 0 bridgehead atoms. The van der Waals surface area contributed by atoms with Gasteiger partial charge in [-0.3, -0.25) is 4.79 Å². The van der Waals surface area contributed by atoms with E-state index in [1.54, 1.807) is 24.3 Å². The van der Waals surface area contributed by atoms with Gasteiger partial charge in [-0.15, -0.1) is 16.4 Å². The number of para-hydroxylation sites is 1. The number of hydrogen-bond donors (Lipinski definition) is 1. The first kappa shape index (κ1) is 27.3. The van der Waals surface area contributed by atoms with E-state index in [-0.39, 0.29) is 30.5 Å². The predicted octanol–water partition coefficient (Wildman–Crippen LogP) is 5.10. The molecule has 0 saturated carbocycles. The number of aliphatic carboxylic acids is 1. The quantitative estimate of drug-likeness (QED) is 0.315. The van der Waals surface area contributed by atoms with Gasteiger partial charge in [-0.1, -0.05) is 30.3 Å². The summed E-state index contributed by atoms with van der Waals surface area (Å²) in [5, 5.41) is 18.4. The van der Waals surface area contributed by atoms with Crippen LogP contribution in [0.5, 0.6) is 5.75 Å². The molecule has 0 amide bonds. The van der Waals surface area contributed by atoms with Crippen molar-refractivity contribution >= 4 is 38.4 Å². The molecule has 1 aliphatic rings. The number of rotatable bonds is 8. The van der Waals surface area contributed by atoms with E-state index in [0.29, 0.717) is 18.7 Å². The zero-order chi connectivity index (χ0) is 27.9. The van der Waals surface area contributed by atoms with Crippen LogP contribution in [0, 0.1) is 13.8 Å². The SMILES string of the molecule is CC[C@@H]1CN(Cc2cc([C@H](CC(=O)O)c3ccc4c(nnn4CC)c3C)sc2C)S(=O)(=O)c2ccccc2O1. The third-order valence-electron chi connectivity index (χ3n) is 7.39. The van der Waals surface area contributed by atoms with Gasteiger partial charge in [-0.05, 0) is 68.1 Å². The van der Waals surface area contributed by atoms with E-state index in [1.165, 1.54) is 15.6 Å². The minimum absolute atomic E-state index is 0.0885. The maximum atomic E-state index is 13.7. The van der Waals surface area contributed by atoms with Crippen LogP contribution >= 0.6 is 11.3 Å². The van der Waals surface area contributed by atoms with Crippen LogP contribution < -0.4 is 4.74 Å². The molecule has 1 aliphatic heterocycles. The summed E-state index contributed by atoms with van der Waals surface area (Å²) in [7, 11) is -3.79. The van der Waals surface area contributed by atoms with Gasteiger partial charge in [-0.25, -0.2) is 13.1 Å². The van der Waals surface area contributed by atoms with Crippen LogP contribution in [0.25, 0.3) is 11.0 Å².